The van der Waals surface area contributed by atoms with E-state index >= 15 is 0 Å². The first-order valence-corrected chi connectivity index (χ1v) is 2.02. The van der Waals surface area contributed by atoms with E-state index in [-0.39, 0.29) is 24.8 Å². The summed E-state index contributed by atoms with van der Waals surface area (Å²) in [6, 6.07) is 0. The standard InChI is InChI=1S/C3H7Si.2ClH/c1-3(2)4;;/h3H,1-2H3;2*1H. The van der Waals surface area contributed by atoms with Crippen LogP contribution in [-0.4, -0.2) is 10.2 Å². The zero-order valence-corrected chi connectivity index (χ0v) is 6.53. The van der Waals surface area contributed by atoms with Crippen molar-refractivity contribution in [1.82, 2.24) is 0 Å². The Morgan fingerprint density at radius 2 is 1.17 bits per heavy atom. The fraction of sp³-hybridized carbons (Fsp3) is 1.00. The molecule has 0 rings (SSSR count). The van der Waals surface area contributed by atoms with Crippen molar-refractivity contribution in [3.8, 4) is 0 Å². The predicted molar refractivity (Wildman–Crippen MR) is 35.3 cm³/mol. The molecule has 0 aliphatic heterocycles. The Morgan fingerprint density at radius 1 is 1.17 bits per heavy atom. The van der Waals surface area contributed by atoms with Crippen molar-refractivity contribution in [2.45, 2.75) is 19.4 Å². The van der Waals surface area contributed by atoms with E-state index in [4.69, 9.17) is 0 Å². The summed E-state index contributed by atoms with van der Waals surface area (Å²) in [5, 5.41) is 0. The average molecular weight is 144 g/mol. The Balaban J connectivity index is -0.0000000450. The molecule has 0 aliphatic rings. The SMILES string of the molecule is CC(C)[Si].Cl.Cl. The number of hydrogen-bond acceptors (Lipinski definition) is 0. The minimum atomic E-state index is 0. The molecular formula is C3H9Cl2Si. The quantitative estimate of drug-likeness (QED) is 0.455. The molecule has 0 aromatic rings. The molecule has 0 saturated heterocycles. The summed E-state index contributed by atoms with van der Waals surface area (Å²) in [4.78, 5) is 0. The molecular weight excluding hydrogens is 135 g/mol. The molecule has 0 N–H and O–H groups in total. The highest BCUT2D eigenvalue weighted by Gasteiger charge is 1.69. The number of hydrogen-bond donors (Lipinski definition) is 0. The first-order valence-electron chi connectivity index (χ1n) is 1.44. The van der Waals surface area contributed by atoms with Crippen molar-refractivity contribution in [2.24, 2.45) is 0 Å². The van der Waals surface area contributed by atoms with E-state index in [1.165, 1.54) is 0 Å². The van der Waals surface area contributed by atoms with E-state index in [0.29, 0.717) is 5.54 Å². The van der Waals surface area contributed by atoms with Crippen LogP contribution >= 0.6 is 24.8 Å². The van der Waals surface area contributed by atoms with Gasteiger partial charge in [-0.25, -0.2) is 0 Å². The third-order valence-corrected chi connectivity index (χ3v) is 0. The van der Waals surface area contributed by atoms with Gasteiger partial charge in [-0.2, -0.15) is 0 Å². The zero-order chi connectivity index (χ0) is 3.58. The molecule has 0 aliphatic carbocycles. The van der Waals surface area contributed by atoms with E-state index in [9.17, 15) is 0 Å². The van der Waals surface area contributed by atoms with Gasteiger partial charge in [0.15, 0.2) is 0 Å². The molecule has 0 saturated carbocycles. The highest BCUT2D eigenvalue weighted by Crippen LogP contribution is 1.84. The van der Waals surface area contributed by atoms with Crippen LogP contribution in [0.1, 0.15) is 13.8 Å². The summed E-state index contributed by atoms with van der Waals surface area (Å²) in [5.41, 5.74) is 0.639. The predicted octanol–water partition coefficient (Wildman–Crippen LogP) is 1.83. The smallest absolute Gasteiger partial charge is 0.0258 e. The summed E-state index contributed by atoms with van der Waals surface area (Å²) in [6.45, 7) is 4.16. The third-order valence-electron chi connectivity index (χ3n) is 0. The summed E-state index contributed by atoms with van der Waals surface area (Å²) in [5.74, 6) is 0. The molecule has 0 fully saturated rings. The summed E-state index contributed by atoms with van der Waals surface area (Å²) in [7, 11) is 3.31. The van der Waals surface area contributed by atoms with Crippen LogP contribution in [0.15, 0.2) is 0 Å². The van der Waals surface area contributed by atoms with Gasteiger partial charge in [0.05, 0.1) is 0 Å². The number of rotatable bonds is 0. The fourth-order valence-corrected chi connectivity index (χ4v) is 0. The second-order valence-electron chi connectivity index (χ2n) is 1.15. The Kier molecular flexibility index (Phi) is 24.4. The van der Waals surface area contributed by atoms with Crippen molar-refractivity contribution in [3.63, 3.8) is 0 Å². The molecule has 0 aromatic heterocycles. The average Bonchev–Trinajstić information content (AvgIpc) is 0.811. The van der Waals surface area contributed by atoms with Gasteiger partial charge in [0.25, 0.3) is 0 Å². The highest BCUT2D eigenvalue weighted by atomic mass is 35.5. The molecule has 6 heavy (non-hydrogen) atoms. The Bertz CT molecular complexity index is 13.5. The molecule has 0 bridgehead atoms. The first-order chi connectivity index (χ1) is 1.73. The van der Waals surface area contributed by atoms with Gasteiger partial charge in [-0.3, -0.25) is 0 Å². The van der Waals surface area contributed by atoms with Gasteiger partial charge < -0.3 is 0 Å². The Morgan fingerprint density at radius 3 is 1.17 bits per heavy atom. The lowest BCUT2D eigenvalue weighted by molar-refractivity contribution is 1.08. The largest absolute Gasteiger partial charge is 0.147 e. The van der Waals surface area contributed by atoms with Gasteiger partial charge in [-0.05, 0) is 0 Å². The third kappa shape index (κ3) is 109. The van der Waals surface area contributed by atoms with E-state index in [1.54, 1.807) is 0 Å². The lowest BCUT2D eigenvalue weighted by atomic mass is 10.6. The van der Waals surface area contributed by atoms with Crippen LogP contribution < -0.4 is 0 Å². The van der Waals surface area contributed by atoms with Crippen molar-refractivity contribution in [2.75, 3.05) is 0 Å². The Labute approximate surface area is 54.9 Å². The highest BCUT2D eigenvalue weighted by molar-refractivity contribution is 6.10. The van der Waals surface area contributed by atoms with Crippen LogP contribution in [0.5, 0.6) is 0 Å². The van der Waals surface area contributed by atoms with Gasteiger partial charge in [0.1, 0.15) is 0 Å². The summed E-state index contributed by atoms with van der Waals surface area (Å²) < 4.78 is 0. The van der Waals surface area contributed by atoms with Crippen LogP contribution in [0, 0.1) is 0 Å². The maximum atomic E-state index is 3.31. The van der Waals surface area contributed by atoms with Crippen LogP contribution in [0.4, 0.5) is 0 Å². The summed E-state index contributed by atoms with van der Waals surface area (Å²) in [6.07, 6.45) is 0. The van der Waals surface area contributed by atoms with E-state index in [1.807, 2.05) is 0 Å². The van der Waals surface area contributed by atoms with Gasteiger partial charge in [-0.1, -0.05) is 19.4 Å². The maximum Gasteiger partial charge on any atom is 0.0258 e. The molecule has 0 spiro atoms. The van der Waals surface area contributed by atoms with Crippen LogP contribution in [0.3, 0.4) is 0 Å². The number of halogens is 2. The molecule has 3 radical (unpaired) electrons. The summed E-state index contributed by atoms with van der Waals surface area (Å²) >= 11 is 0. The van der Waals surface area contributed by atoms with Crippen molar-refractivity contribution in [1.29, 1.82) is 0 Å². The molecule has 39 valence electrons. The van der Waals surface area contributed by atoms with Crippen LogP contribution in [0.2, 0.25) is 5.54 Å². The topological polar surface area (TPSA) is 0 Å². The molecule has 3 heteroatoms. The minimum absolute atomic E-state index is 0. The molecule has 0 amide bonds. The van der Waals surface area contributed by atoms with Crippen molar-refractivity contribution in [3.05, 3.63) is 0 Å². The molecule has 0 atom stereocenters. The van der Waals surface area contributed by atoms with Crippen molar-refractivity contribution >= 4 is 35.1 Å². The first kappa shape index (κ1) is 15.8. The molecule has 0 nitrogen and oxygen atoms in total. The van der Waals surface area contributed by atoms with Gasteiger partial charge >= 0.3 is 0 Å². The lowest BCUT2D eigenvalue weighted by Gasteiger charge is -1.78. The van der Waals surface area contributed by atoms with Gasteiger partial charge in [0, 0.05) is 10.2 Å². The second kappa shape index (κ2) is 9.25. The molecule has 0 heterocycles. The zero-order valence-electron chi connectivity index (χ0n) is 3.89. The van der Waals surface area contributed by atoms with Gasteiger partial charge in [-0.15, -0.1) is 24.8 Å². The van der Waals surface area contributed by atoms with Crippen molar-refractivity contribution < 1.29 is 0 Å². The fourth-order valence-electron chi connectivity index (χ4n) is 0. The van der Waals surface area contributed by atoms with E-state index in [2.05, 4.69) is 24.1 Å². The molecule has 0 aromatic carbocycles. The van der Waals surface area contributed by atoms with Crippen LogP contribution in [0.25, 0.3) is 0 Å². The normalized spacial score (nSPS) is 6.00. The van der Waals surface area contributed by atoms with Gasteiger partial charge in [0.2, 0.25) is 0 Å². The van der Waals surface area contributed by atoms with Crippen LogP contribution in [-0.2, 0) is 0 Å². The lowest BCUT2D eigenvalue weighted by Crippen LogP contribution is -1.67. The molecule has 0 unspecified atom stereocenters. The monoisotopic (exact) mass is 143 g/mol. The van der Waals surface area contributed by atoms with E-state index in [0.717, 1.165) is 0 Å². The minimum Gasteiger partial charge on any atom is -0.147 e. The second-order valence-corrected chi connectivity index (χ2v) is 2.31. The Hall–Kier alpha value is 0.797. The maximum absolute atomic E-state index is 3.31. The van der Waals surface area contributed by atoms with E-state index < -0.39 is 0 Å².